The highest BCUT2D eigenvalue weighted by molar-refractivity contribution is 6.04. The van der Waals surface area contributed by atoms with Crippen LogP contribution in [0.1, 0.15) is 93.3 Å². The van der Waals surface area contributed by atoms with E-state index in [-0.39, 0.29) is 134 Å². The summed E-state index contributed by atoms with van der Waals surface area (Å²) in [7, 11) is 0. The van der Waals surface area contributed by atoms with Crippen molar-refractivity contribution in [1.29, 1.82) is 21.6 Å². The summed E-state index contributed by atoms with van der Waals surface area (Å²) in [6.07, 6.45) is 1.38. The Hall–Kier alpha value is -10.6. The number of amides is 8. The van der Waals surface area contributed by atoms with Crippen LogP contribution in [-0.2, 0) is 19.2 Å². The van der Waals surface area contributed by atoms with Crippen molar-refractivity contribution in [2.24, 2.45) is 34.4 Å². The molecule has 0 saturated heterocycles. The van der Waals surface area contributed by atoms with Crippen LogP contribution in [0.25, 0.3) is 0 Å². The van der Waals surface area contributed by atoms with Gasteiger partial charge < -0.3 is 92.9 Å². The zero-order valence-corrected chi connectivity index (χ0v) is 43.7. The topological polar surface area (TPSA) is 572 Å². The first kappa shape index (κ1) is 62.9. The van der Waals surface area contributed by atoms with Crippen LogP contribution in [-0.4, -0.2) is 141 Å². The van der Waals surface area contributed by atoms with E-state index < -0.39 is 71.4 Å². The molecule has 0 bridgehead atoms. The Bertz CT molecular complexity index is 2940. The minimum Gasteiger partial charge on any atom is -0.370 e. The van der Waals surface area contributed by atoms with Crippen molar-refractivity contribution in [3.8, 4) is 0 Å². The third-order valence-corrected chi connectivity index (χ3v) is 11.1. The van der Waals surface area contributed by atoms with Crippen LogP contribution >= 0.6 is 0 Å². The number of carbonyl (C=O) groups is 8. The lowest BCUT2D eigenvalue weighted by atomic mass is 10.1. The number of nitrogens with two attached hydrogens (primary N) is 6. The maximum atomic E-state index is 13.9. The molecule has 0 radical (unpaired) electrons. The summed E-state index contributed by atoms with van der Waals surface area (Å²) < 4.78 is 0. The standard InChI is InChI=1S/C48H67N25O8/c49-25(9-5-21-59-45(51)52)38(75)70-34-18-2-11-27(64-34)39(76)68-31(15-7-23-61-47(55)56)43(80)72-36-20-4-13-29(66-36)41(78)69-32(16-8-24-62-48(57)58)44(81)73-35-19-3-12-28(65-35)40(77)67-30(14-6-22-60-46(53)54)42(79)71-33-17-1-10-26(63-33)37(50)74/h1-4,10-13,17-20,25,30-32H,5-9,14-16,21-24,49H2,(H2,50,74)(H,67,77)(H,68,76)(H,69,78)(H4,51,52,59)(H4,53,54,60)(H4,55,56,61)(H4,57,58,62)(H,63,71,79)(H,64,70,75)(H,65,73,81)(H,66,72,80)/t25-,30-,31-,32-/m1/s1. The fourth-order valence-corrected chi connectivity index (χ4v) is 7.16. The van der Waals surface area contributed by atoms with Crippen molar-refractivity contribution in [2.45, 2.75) is 75.5 Å². The van der Waals surface area contributed by atoms with E-state index in [1.165, 1.54) is 72.8 Å². The Morgan fingerprint density at radius 1 is 0.383 bits per heavy atom. The Kier molecular flexibility index (Phi) is 25.0. The summed E-state index contributed by atoms with van der Waals surface area (Å²) in [4.78, 5) is 123. The van der Waals surface area contributed by atoms with Crippen LogP contribution in [0, 0.1) is 21.6 Å². The van der Waals surface area contributed by atoms with E-state index in [1.54, 1.807) is 0 Å². The summed E-state index contributed by atoms with van der Waals surface area (Å²) in [5.41, 5.74) is 32.1. The summed E-state index contributed by atoms with van der Waals surface area (Å²) >= 11 is 0. The Labute approximate surface area is 463 Å². The zero-order chi connectivity index (χ0) is 59.4. The fraction of sp³-hybridized carbons (Fsp3) is 0.333. The molecule has 4 heterocycles. The van der Waals surface area contributed by atoms with Crippen LogP contribution < -0.4 is 92.9 Å². The van der Waals surface area contributed by atoms with Crippen LogP contribution in [0.3, 0.4) is 0 Å². The minimum atomic E-state index is -1.30. The second-order valence-corrected chi connectivity index (χ2v) is 17.6. The molecule has 0 unspecified atom stereocenters. The Balaban J connectivity index is 1.47. The van der Waals surface area contributed by atoms with Gasteiger partial charge in [0.2, 0.25) is 23.6 Å². The van der Waals surface area contributed by atoms with Gasteiger partial charge in [0.25, 0.3) is 23.6 Å². The molecule has 81 heavy (non-hydrogen) atoms. The molecule has 0 aliphatic rings. The molecule has 8 amide bonds. The lowest BCUT2D eigenvalue weighted by molar-refractivity contribution is -0.118. The monoisotopic (exact) mass is 1120 g/mol. The predicted octanol–water partition coefficient (Wildman–Crippen LogP) is -3.10. The molecule has 0 fully saturated rings. The van der Waals surface area contributed by atoms with Crippen LogP contribution in [0.5, 0.6) is 0 Å². The SMILES string of the molecule is N=C(N)NCCC[C@@H](N)C(=O)Nc1cccc(C(=O)N[C@H](CCCNC(=N)N)C(=O)Nc2cccc(C(=O)N[C@H](CCCNC(=N)N)C(=O)Nc3cccc(C(=O)N[C@H](CCCNC(=N)N)C(=O)Nc4cccc(C(N)=O)n4)n3)n2)n1. The highest BCUT2D eigenvalue weighted by Crippen LogP contribution is 2.14. The van der Waals surface area contributed by atoms with E-state index in [1.807, 2.05) is 0 Å². The van der Waals surface area contributed by atoms with Gasteiger partial charge in [-0.1, -0.05) is 24.3 Å². The molecule has 0 saturated carbocycles. The first-order valence-electron chi connectivity index (χ1n) is 25.0. The van der Waals surface area contributed by atoms with E-state index in [9.17, 15) is 38.4 Å². The number of hydrogen-bond acceptors (Lipinski definition) is 17. The van der Waals surface area contributed by atoms with E-state index in [0.717, 1.165) is 0 Å². The van der Waals surface area contributed by atoms with Crippen molar-refractivity contribution in [1.82, 2.24) is 57.2 Å². The van der Waals surface area contributed by atoms with Gasteiger partial charge in [0, 0.05) is 26.2 Å². The van der Waals surface area contributed by atoms with Crippen molar-refractivity contribution in [2.75, 3.05) is 47.4 Å². The lowest BCUT2D eigenvalue weighted by Crippen LogP contribution is -2.45. The van der Waals surface area contributed by atoms with Crippen molar-refractivity contribution < 1.29 is 38.4 Å². The summed E-state index contributed by atoms with van der Waals surface area (Å²) in [5, 5.41) is 58.2. The lowest BCUT2D eigenvalue weighted by Gasteiger charge is -2.20. The molecular formula is C48H67N25O8. The van der Waals surface area contributed by atoms with E-state index in [4.69, 9.17) is 56.0 Å². The third-order valence-electron chi connectivity index (χ3n) is 11.1. The summed E-state index contributed by atoms with van der Waals surface area (Å²) in [6, 6.07) is 11.9. The highest BCUT2D eigenvalue weighted by atomic mass is 16.2. The quantitative estimate of drug-likeness (QED) is 0.0135. The molecule has 4 atom stereocenters. The number of aromatic nitrogens is 4. The molecule has 0 spiro atoms. The van der Waals surface area contributed by atoms with Crippen LogP contribution in [0.15, 0.2) is 72.8 Å². The number of pyridine rings is 4. The van der Waals surface area contributed by atoms with Crippen molar-refractivity contribution in [3.05, 3.63) is 95.6 Å². The van der Waals surface area contributed by atoms with Gasteiger partial charge in [0.05, 0.1) is 6.04 Å². The van der Waals surface area contributed by atoms with Gasteiger partial charge in [-0.3, -0.25) is 60.0 Å². The van der Waals surface area contributed by atoms with Crippen molar-refractivity contribution in [3.63, 3.8) is 0 Å². The molecule has 0 aromatic carbocycles. The summed E-state index contributed by atoms with van der Waals surface area (Å²) in [5.74, 6) is -7.64. The number of carbonyl (C=O) groups excluding carboxylic acids is 8. The molecule has 4 aromatic rings. The Morgan fingerprint density at radius 3 is 0.926 bits per heavy atom. The van der Waals surface area contributed by atoms with Crippen molar-refractivity contribution >= 4 is 94.4 Å². The van der Waals surface area contributed by atoms with Crippen LogP contribution in [0.2, 0.25) is 0 Å². The zero-order valence-electron chi connectivity index (χ0n) is 43.7. The maximum Gasteiger partial charge on any atom is 0.270 e. The first-order valence-corrected chi connectivity index (χ1v) is 25.0. The van der Waals surface area contributed by atoms with E-state index in [2.05, 4.69) is 78.4 Å². The molecule has 4 rings (SSSR count). The molecule has 33 nitrogen and oxygen atoms in total. The smallest absolute Gasteiger partial charge is 0.270 e. The van der Waals surface area contributed by atoms with Gasteiger partial charge in [-0.25, -0.2) is 19.9 Å². The molecule has 33 heteroatoms. The molecule has 0 aliphatic carbocycles. The number of anilines is 4. The van der Waals surface area contributed by atoms with Gasteiger partial charge in [-0.15, -0.1) is 0 Å². The van der Waals surface area contributed by atoms with Gasteiger partial charge in [-0.05, 0) is 99.9 Å². The van der Waals surface area contributed by atoms with Gasteiger partial charge in [0.1, 0.15) is 64.2 Å². The number of nitrogens with one attached hydrogen (secondary N) is 15. The highest BCUT2D eigenvalue weighted by Gasteiger charge is 2.27. The van der Waals surface area contributed by atoms with Gasteiger partial charge >= 0.3 is 0 Å². The number of guanidine groups is 4. The fourth-order valence-electron chi connectivity index (χ4n) is 7.16. The molecule has 4 aromatic heterocycles. The normalized spacial score (nSPS) is 12.0. The number of hydrogen-bond donors (Lipinski definition) is 21. The molecular weight excluding hydrogens is 1050 g/mol. The number of primary amides is 1. The van der Waals surface area contributed by atoms with E-state index in [0.29, 0.717) is 13.0 Å². The largest absolute Gasteiger partial charge is 0.370 e. The Morgan fingerprint density at radius 2 is 0.642 bits per heavy atom. The third kappa shape index (κ3) is 22.9. The number of rotatable bonds is 31. The molecule has 432 valence electrons. The van der Waals surface area contributed by atoms with Crippen LogP contribution in [0.4, 0.5) is 23.3 Å². The average molecular weight is 1120 g/mol. The minimum absolute atomic E-state index is 0.00325. The second kappa shape index (κ2) is 32.2. The van der Waals surface area contributed by atoms with Gasteiger partial charge in [-0.2, -0.15) is 0 Å². The first-order chi connectivity index (χ1) is 38.6. The summed E-state index contributed by atoms with van der Waals surface area (Å²) in [6.45, 7) is 0.797. The molecule has 27 N–H and O–H groups in total. The maximum absolute atomic E-state index is 13.9. The van der Waals surface area contributed by atoms with E-state index >= 15 is 0 Å². The predicted molar refractivity (Wildman–Crippen MR) is 298 cm³/mol. The molecule has 0 aliphatic heterocycles. The average Bonchev–Trinajstić information content (AvgIpc) is 3.43. The van der Waals surface area contributed by atoms with Gasteiger partial charge in [0.15, 0.2) is 23.8 Å². The number of nitrogens with zero attached hydrogens (tertiary/aromatic N) is 4. The second-order valence-electron chi connectivity index (χ2n) is 17.6.